The Morgan fingerprint density at radius 3 is 1.47 bits per heavy atom. The van der Waals surface area contributed by atoms with Crippen LogP contribution < -0.4 is 34.0 Å². The highest BCUT2D eigenvalue weighted by molar-refractivity contribution is 6.30. The SMILES string of the molecule is CC(=O)C(C)Cl.CCOC(=O)c1nc(C)c(Cl)nc1N.Cc1cccnc1CN.Cc1cccnc1CNC(=O)c1nc(C)c(-c2nc(C)c(C)o2)nc1N.Cc1nc(C(=O)O)c(N)nc1-c1nc(C)c(C)o1.Cc1ncoc1C.NC=O. The molecular formula is C54H69Cl2N17O10. The number of carbonyl (C=O) groups excluding carboxylic acids is 4. The van der Waals surface area contributed by atoms with Crippen LogP contribution in [-0.2, 0) is 27.4 Å². The summed E-state index contributed by atoms with van der Waals surface area (Å²) in [5, 5.41) is 11.5. The van der Waals surface area contributed by atoms with Gasteiger partial charge in [0.05, 0.1) is 64.1 Å². The zero-order chi connectivity index (χ0) is 62.8. The lowest BCUT2D eigenvalue weighted by atomic mass is 10.2. The van der Waals surface area contributed by atoms with E-state index in [9.17, 15) is 19.2 Å². The summed E-state index contributed by atoms with van der Waals surface area (Å²) in [4.78, 5) is 98.0. The number of hydrogen-bond donors (Lipinski definition) is 7. The lowest BCUT2D eigenvalue weighted by molar-refractivity contribution is -0.116. The number of rotatable bonds is 10. The first-order valence-corrected chi connectivity index (χ1v) is 25.7. The zero-order valence-corrected chi connectivity index (χ0v) is 50.0. The number of aryl methyl sites for hydroxylation is 11. The number of primary amides is 1. The molecule has 83 heavy (non-hydrogen) atoms. The van der Waals surface area contributed by atoms with Gasteiger partial charge in [-0.3, -0.25) is 24.4 Å². The minimum atomic E-state index is -1.21. The average molecular weight is 1190 g/mol. The molecule has 0 radical (unpaired) electrons. The molecule has 12 N–H and O–H groups in total. The topological polar surface area (TPSA) is 438 Å². The third-order valence-corrected chi connectivity index (χ3v) is 11.6. The molecule has 8 aromatic rings. The van der Waals surface area contributed by atoms with Crippen molar-refractivity contribution in [3.63, 3.8) is 0 Å². The van der Waals surface area contributed by atoms with Crippen molar-refractivity contribution in [1.29, 1.82) is 0 Å². The molecule has 8 aromatic heterocycles. The summed E-state index contributed by atoms with van der Waals surface area (Å²) >= 11 is 10.9. The molecular weight excluding hydrogens is 1120 g/mol. The molecule has 0 saturated carbocycles. The quantitative estimate of drug-likeness (QED) is 0.0402. The molecule has 0 spiro atoms. The molecule has 0 aliphatic rings. The van der Waals surface area contributed by atoms with Crippen LogP contribution in [0.15, 0.2) is 56.3 Å². The van der Waals surface area contributed by atoms with Gasteiger partial charge in [0.15, 0.2) is 46.1 Å². The number of alkyl halides is 1. The van der Waals surface area contributed by atoms with Crippen LogP contribution in [0.5, 0.6) is 0 Å². The Labute approximate surface area is 489 Å². The Morgan fingerprint density at radius 1 is 0.663 bits per heavy atom. The minimum absolute atomic E-state index is 0.00810. The number of oxazole rings is 3. The van der Waals surface area contributed by atoms with Crippen LogP contribution in [-0.4, -0.2) is 102 Å². The third kappa shape index (κ3) is 21.9. The largest absolute Gasteiger partial charge is 0.476 e. The predicted molar refractivity (Wildman–Crippen MR) is 311 cm³/mol. The van der Waals surface area contributed by atoms with E-state index >= 15 is 0 Å². The number of ether oxygens (including phenoxy) is 1. The second-order valence-electron chi connectivity index (χ2n) is 17.2. The van der Waals surface area contributed by atoms with Crippen molar-refractivity contribution in [3.05, 3.63) is 139 Å². The smallest absolute Gasteiger partial charge is 0.360 e. The van der Waals surface area contributed by atoms with Crippen LogP contribution >= 0.6 is 23.2 Å². The van der Waals surface area contributed by atoms with Crippen LogP contribution in [0, 0.1) is 76.2 Å². The van der Waals surface area contributed by atoms with Crippen LogP contribution in [0.4, 0.5) is 17.5 Å². The molecule has 2 amide bonds. The summed E-state index contributed by atoms with van der Waals surface area (Å²) in [5.74, 6) is 0.577. The fourth-order valence-corrected chi connectivity index (χ4v) is 5.98. The first-order chi connectivity index (χ1) is 39.0. The number of nitrogens with one attached hydrogen (secondary N) is 1. The summed E-state index contributed by atoms with van der Waals surface area (Å²) in [6.07, 6.45) is 5.14. The number of hydrogen-bond acceptors (Lipinski definition) is 24. The lowest BCUT2D eigenvalue weighted by Gasteiger charge is -2.09. The van der Waals surface area contributed by atoms with Crippen molar-refractivity contribution in [2.45, 2.75) is 115 Å². The fourth-order valence-electron chi connectivity index (χ4n) is 5.85. The Kier molecular flexibility index (Phi) is 28.6. The number of anilines is 3. The minimum Gasteiger partial charge on any atom is -0.476 e. The summed E-state index contributed by atoms with van der Waals surface area (Å²) in [6.45, 7) is 25.9. The molecule has 0 bridgehead atoms. The van der Waals surface area contributed by atoms with Gasteiger partial charge in [0.1, 0.15) is 34.5 Å². The van der Waals surface area contributed by atoms with Gasteiger partial charge in [-0.25, -0.2) is 54.4 Å². The van der Waals surface area contributed by atoms with Crippen molar-refractivity contribution < 1.29 is 47.1 Å². The molecule has 444 valence electrons. The van der Waals surface area contributed by atoms with Gasteiger partial charge in [0, 0.05) is 18.9 Å². The second-order valence-corrected chi connectivity index (χ2v) is 18.3. The average Bonchev–Trinajstić information content (AvgIpc) is 4.34. The highest BCUT2D eigenvalue weighted by Gasteiger charge is 2.22. The summed E-state index contributed by atoms with van der Waals surface area (Å²) in [6, 6.07) is 7.70. The van der Waals surface area contributed by atoms with E-state index in [0.29, 0.717) is 58.3 Å². The van der Waals surface area contributed by atoms with Gasteiger partial charge in [0.2, 0.25) is 18.2 Å². The van der Waals surface area contributed by atoms with Gasteiger partial charge in [-0.15, -0.1) is 11.6 Å². The number of nitrogens with two attached hydrogens (primary N) is 5. The number of aromatic carboxylic acids is 1. The van der Waals surface area contributed by atoms with Gasteiger partial charge in [-0.05, 0) is 120 Å². The molecule has 8 rings (SSSR count). The maximum atomic E-state index is 12.4. The second kappa shape index (κ2) is 34.1. The number of carbonyl (C=O) groups is 5. The number of nitrogen functional groups attached to an aromatic ring is 3. The number of amides is 2. The van der Waals surface area contributed by atoms with Gasteiger partial charge < -0.3 is 57.1 Å². The first-order valence-electron chi connectivity index (χ1n) is 24.9. The molecule has 0 saturated heterocycles. The predicted octanol–water partition coefficient (Wildman–Crippen LogP) is 7.25. The molecule has 0 fully saturated rings. The number of pyridine rings is 2. The van der Waals surface area contributed by atoms with E-state index < -0.39 is 17.8 Å². The van der Waals surface area contributed by atoms with E-state index in [-0.39, 0.29) is 70.4 Å². The number of carboxylic acid groups (broad SMARTS) is 1. The standard InChI is InChI=1S/C18H20N6O2.C11H12N4O3.C8H10ClN3O2.C7H10N2.C5H7NO.C4H7ClO.CH3NO/c1-9-6-5-7-20-13(9)8-21-17(25)15-16(19)24-14(11(3)22-15)18-23-10(2)12(4)26-18;1-4-6(3)18-10(14-4)7-5(2)13-8(11(16)17)9(12)15-7;1-3-14-8(13)5-7(10)12-6(9)4(2)11-5;1-6-3-2-4-9-7(6)5-8;1-4-5(2)7-3-6-4;1-3(5)4(2)6;2-1-3/h5-7H,8H2,1-4H3,(H2,19,24)(H,21,25);1-3H3,(H2,12,15)(H,16,17);3H2,1-2H3,(H2,10,12);2-4H,5,8H2,1H3;3H,1-2H3;3H,1-2H3;1H,(H2,2,3). The molecule has 0 aliphatic heterocycles. The molecule has 0 aromatic carbocycles. The van der Waals surface area contributed by atoms with Crippen LogP contribution in [0.2, 0.25) is 5.15 Å². The molecule has 29 heteroatoms. The summed E-state index contributed by atoms with van der Waals surface area (Å²) in [5.41, 5.74) is 34.9. The first kappa shape index (κ1) is 69.8. The Hall–Kier alpha value is -9.34. The van der Waals surface area contributed by atoms with Crippen LogP contribution in [0.25, 0.3) is 23.2 Å². The van der Waals surface area contributed by atoms with Crippen LogP contribution in [0.3, 0.4) is 0 Å². The highest BCUT2D eigenvalue weighted by Crippen LogP contribution is 2.26. The van der Waals surface area contributed by atoms with Gasteiger partial charge >= 0.3 is 11.9 Å². The van der Waals surface area contributed by atoms with Crippen LogP contribution in [0.1, 0.15) is 126 Å². The normalized spacial score (nSPS) is 10.3. The molecule has 1 atom stereocenters. The number of halogens is 2. The van der Waals surface area contributed by atoms with Crippen molar-refractivity contribution >= 4 is 70.7 Å². The number of aromatic nitrogens is 11. The van der Waals surface area contributed by atoms with E-state index in [2.05, 4.69) is 65.9 Å². The van der Waals surface area contributed by atoms with Crippen molar-refractivity contribution in [3.8, 4) is 23.2 Å². The van der Waals surface area contributed by atoms with E-state index in [1.54, 1.807) is 60.9 Å². The van der Waals surface area contributed by atoms with E-state index in [0.717, 1.165) is 39.8 Å². The van der Waals surface area contributed by atoms with Gasteiger partial charge in [0.25, 0.3) is 5.91 Å². The Balaban J connectivity index is 0.000000361. The number of nitrogens with zero attached hydrogens (tertiary/aromatic N) is 11. The van der Waals surface area contributed by atoms with Gasteiger partial charge in [-0.1, -0.05) is 23.7 Å². The molecule has 0 aliphatic carbocycles. The van der Waals surface area contributed by atoms with E-state index in [1.165, 1.54) is 18.9 Å². The highest BCUT2D eigenvalue weighted by atomic mass is 35.5. The number of carboxylic acids is 1. The zero-order valence-electron chi connectivity index (χ0n) is 48.5. The number of esters is 1. The maximum Gasteiger partial charge on any atom is 0.360 e. The van der Waals surface area contributed by atoms with Gasteiger partial charge in [-0.2, -0.15) is 0 Å². The molecule has 8 heterocycles. The van der Waals surface area contributed by atoms with Crippen molar-refractivity contribution in [1.82, 2.24) is 60.1 Å². The summed E-state index contributed by atoms with van der Waals surface area (Å²) in [7, 11) is 0. The number of ketones is 1. The van der Waals surface area contributed by atoms with E-state index in [1.807, 2.05) is 65.8 Å². The van der Waals surface area contributed by atoms with Crippen molar-refractivity contribution in [2.24, 2.45) is 11.5 Å². The fraction of sp³-hybridized carbons (Fsp3) is 0.333. The maximum absolute atomic E-state index is 12.4. The molecule has 1 unspecified atom stereocenters. The summed E-state index contributed by atoms with van der Waals surface area (Å²) < 4.78 is 20.6. The third-order valence-electron chi connectivity index (χ3n) is 11.0. The monoisotopic (exact) mass is 1190 g/mol. The Morgan fingerprint density at radius 2 is 1.11 bits per heavy atom. The van der Waals surface area contributed by atoms with Crippen molar-refractivity contribution in [2.75, 3.05) is 23.8 Å². The number of Topliss-reactive ketones (excluding diaryl/α,β-unsaturated/α-hetero) is 1. The lowest BCUT2D eigenvalue weighted by Crippen LogP contribution is -2.26. The molecule has 27 nitrogen and oxygen atoms in total. The Bertz CT molecular complexity index is 3420. The van der Waals surface area contributed by atoms with E-state index in [4.69, 9.17) is 74.0 Å².